The number of amides is 2. The van der Waals surface area contributed by atoms with Gasteiger partial charge in [0.05, 0.1) is 11.8 Å². The van der Waals surface area contributed by atoms with Crippen LogP contribution in [-0.2, 0) is 14.4 Å². The van der Waals surface area contributed by atoms with Gasteiger partial charge in [0.1, 0.15) is 5.75 Å². The van der Waals surface area contributed by atoms with Crippen molar-refractivity contribution in [2.24, 2.45) is 11.8 Å². The third-order valence-corrected chi connectivity index (χ3v) is 4.14. The van der Waals surface area contributed by atoms with Crippen molar-refractivity contribution in [1.82, 2.24) is 10.9 Å². The first-order valence-electron chi connectivity index (χ1n) is 7.98. The monoisotopic (exact) mass is 334 g/mol. The number of carboxylic acids is 1. The predicted molar refractivity (Wildman–Crippen MR) is 86.0 cm³/mol. The summed E-state index contributed by atoms with van der Waals surface area (Å²) in [5.74, 6) is -2.70. The van der Waals surface area contributed by atoms with Crippen LogP contribution >= 0.6 is 0 Å². The Morgan fingerprint density at radius 1 is 1.08 bits per heavy atom. The zero-order valence-corrected chi connectivity index (χ0v) is 13.6. The Morgan fingerprint density at radius 3 is 2.33 bits per heavy atom. The Bertz CT molecular complexity index is 600. The molecule has 0 heterocycles. The minimum atomic E-state index is -0.969. The van der Waals surface area contributed by atoms with Crippen LogP contribution in [0, 0.1) is 18.8 Å². The van der Waals surface area contributed by atoms with Gasteiger partial charge >= 0.3 is 5.97 Å². The maximum atomic E-state index is 12.1. The number of rotatable bonds is 5. The van der Waals surface area contributed by atoms with Crippen molar-refractivity contribution in [3.05, 3.63) is 29.8 Å². The van der Waals surface area contributed by atoms with Crippen LogP contribution in [0.4, 0.5) is 0 Å². The molecule has 7 nitrogen and oxygen atoms in total. The highest BCUT2D eigenvalue weighted by atomic mass is 16.5. The minimum absolute atomic E-state index is 0.240. The standard InChI is InChI=1S/C17H22N2O5/c1-11-6-8-12(9-7-11)24-10-15(20)18-19-16(21)13-4-2-3-5-14(13)17(22)23/h6-9,13-14H,2-5,10H2,1H3,(H,18,20)(H,19,21)(H,22,23)/t13?,14-/m0/s1. The fourth-order valence-electron chi connectivity index (χ4n) is 2.78. The fraction of sp³-hybridized carbons (Fsp3) is 0.471. The van der Waals surface area contributed by atoms with E-state index in [2.05, 4.69) is 10.9 Å². The molecule has 1 unspecified atom stereocenters. The molecule has 3 N–H and O–H groups in total. The van der Waals surface area contributed by atoms with Crippen LogP contribution in [0.15, 0.2) is 24.3 Å². The van der Waals surface area contributed by atoms with Crippen molar-refractivity contribution in [3.63, 3.8) is 0 Å². The van der Waals surface area contributed by atoms with E-state index >= 15 is 0 Å². The van der Waals surface area contributed by atoms with E-state index in [1.165, 1.54) is 0 Å². The molecule has 0 aliphatic heterocycles. The number of hydrazine groups is 1. The van der Waals surface area contributed by atoms with Gasteiger partial charge in [0.25, 0.3) is 5.91 Å². The van der Waals surface area contributed by atoms with Crippen molar-refractivity contribution in [3.8, 4) is 5.75 Å². The van der Waals surface area contributed by atoms with E-state index in [0.717, 1.165) is 18.4 Å². The van der Waals surface area contributed by atoms with Crippen molar-refractivity contribution < 1.29 is 24.2 Å². The number of hydrogen-bond acceptors (Lipinski definition) is 4. The highest BCUT2D eigenvalue weighted by molar-refractivity contribution is 5.87. The van der Waals surface area contributed by atoms with Gasteiger partial charge < -0.3 is 9.84 Å². The van der Waals surface area contributed by atoms with Gasteiger partial charge in [0, 0.05) is 0 Å². The molecule has 1 aromatic rings. The molecule has 2 amide bonds. The molecule has 1 fully saturated rings. The second-order valence-corrected chi connectivity index (χ2v) is 5.97. The summed E-state index contributed by atoms with van der Waals surface area (Å²) < 4.78 is 5.30. The van der Waals surface area contributed by atoms with Gasteiger partial charge in [0.15, 0.2) is 6.61 Å². The molecule has 1 aliphatic rings. The number of benzene rings is 1. The smallest absolute Gasteiger partial charge is 0.307 e. The lowest BCUT2D eigenvalue weighted by atomic mass is 9.79. The topological polar surface area (TPSA) is 105 Å². The van der Waals surface area contributed by atoms with E-state index in [0.29, 0.717) is 18.6 Å². The molecule has 1 aliphatic carbocycles. The molecular weight excluding hydrogens is 312 g/mol. The predicted octanol–water partition coefficient (Wildman–Crippen LogP) is 1.41. The third kappa shape index (κ3) is 4.97. The van der Waals surface area contributed by atoms with Crippen LogP contribution in [0.25, 0.3) is 0 Å². The Morgan fingerprint density at radius 2 is 1.71 bits per heavy atom. The summed E-state index contributed by atoms with van der Waals surface area (Å²) in [6.45, 7) is 1.71. The summed E-state index contributed by atoms with van der Waals surface area (Å²) in [4.78, 5) is 35.0. The molecule has 0 radical (unpaired) electrons. The molecule has 24 heavy (non-hydrogen) atoms. The molecule has 0 bridgehead atoms. The van der Waals surface area contributed by atoms with Gasteiger partial charge in [-0.05, 0) is 31.9 Å². The Labute approximate surface area is 140 Å². The first-order valence-corrected chi connectivity index (χ1v) is 7.98. The fourth-order valence-corrected chi connectivity index (χ4v) is 2.78. The average Bonchev–Trinajstić information content (AvgIpc) is 2.59. The number of ether oxygens (including phenoxy) is 1. The zero-order valence-electron chi connectivity index (χ0n) is 13.6. The molecule has 7 heteroatoms. The van der Waals surface area contributed by atoms with Crippen LogP contribution in [0.1, 0.15) is 31.2 Å². The molecule has 2 rings (SSSR count). The van der Waals surface area contributed by atoms with Gasteiger partial charge in [-0.1, -0.05) is 30.5 Å². The maximum absolute atomic E-state index is 12.1. The van der Waals surface area contributed by atoms with E-state index in [9.17, 15) is 19.5 Å². The van der Waals surface area contributed by atoms with Gasteiger partial charge in [-0.25, -0.2) is 0 Å². The van der Waals surface area contributed by atoms with Crippen LogP contribution in [0.5, 0.6) is 5.75 Å². The van der Waals surface area contributed by atoms with Gasteiger partial charge in [-0.2, -0.15) is 0 Å². The quantitative estimate of drug-likeness (QED) is 0.706. The van der Waals surface area contributed by atoms with E-state index in [-0.39, 0.29) is 6.61 Å². The van der Waals surface area contributed by atoms with Crippen molar-refractivity contribution in [1.29, 1.82) is 0 Å². The molecule has 0 spiro atoms. The van der Waals surface area contributed by atoms with Crippen molar-refractivity contribution in [2.45, 2.75) is 32.6 Å². The van der Waals surface area contributed by atoms with Gasteiger partial charge in [-0.15, -0.1) is 0 Å². The summed E-state index contributed by atoms with van der Waals surface area (Å²) in [5.41, 5.74) is 5.65. The van der Waals surface area contributed by atoms with E-state index in [1.54, 1.807) is 12.1 Å². The van der Waals surface area contributed by atoms with Crippen LogP contribution < -0.4 is 15.6 Å². The van der Waals surface area contributed by atoms with Crippen LogP contribution in [0.2, 0.25) is 0 Å². The number of nitrogens with one attached hydrogen (secondary N) is 2. The highest BCUT2D eigenvalue weighted by Crippen LogP contribution is 2.30. The number of aliphatic carboxylic acids is 1. The van der Waals surface area contributed by atoms with Crippen molar-refractivity contribution >= 4 is 17.8 Å². The van der Waals surface area contributed by atoms with Gasteiger partial charge in [0.2, 0.25) is 5.91 Å². The van der Waals surface area contributed by atoms with Crippen LogP contribution in [-0.4, -0.2) is 29.5 Å². The largest absolute Gasteiger partial charge is 0.484 e. The minimum Gasteiger partial charge on any atom is -0.484 e. The number of aryl methyl sites for hydroxylation is 1. The normalized spacial score (nSPS) is 20.0. The second kappa shape index (κ2) is 8.33. The summed E-state index contributed by atoms with van der Waals surface area (Å²) in [6, 6.07) is 7.23. The third-order valence-electron chi connectivity index (χ3n) is 4.14. The number of carbonyl (C=O) groups is 3. The highest BCUT2D eigenvalue weighted by Gasteiger charge is 2.35. The Kier molecular flexibility index (Phi) is 6.17. The Hall–Kier alpha value is -2.57. The molecule has 0 aromatic heterocycles. The number of hydrogen-bond donors (Lipinski definition) is 3. The summed E-state index contributed by atoms with van der Waals surface area (Å²) in [5, 5.41) is 9.18. The van der Waals surface area contributed by atoms with E-state index in [4.69, 9.17) is 4.74 Å². The lowest BCUT2D eigenvalue weighted by Gasteiger charge is -2.27. The lowest BCUT2D eigenvalue weighted by molar-refractivity contribution is -0.149. The molecule has 0 saturated heterocycles. The Balaban J connectivity index is 1.77. The first-order chi connectivity index (χ1) is 11.5. The second-order valence-electron chi connectivity index (χ2n) is 5.97. The van der Waals surface area contributed by atoms with Gasteiger partial charge in [-0.3, -0.25) is 25.2 Å². The first kappa shape index (κ1) is 17.8. The zero-order chi connectivity index (χ0) is 17.5. The molecule has 1 aromatic carbocycles. The van der Waals surface area contributed by atoms with E-state index in [1.807, 2.05) is 19.1 Å². The molecular formula is C17H22N2O5. The molecule has 2 atom stereocenters. The summed E-state index contributed by atoms with van der Waals surface area (Å²) >= 11 is 0. The molecule has 130 valence electrons. The van der Waals surface area contributed by atoms with Crippen LogP contribution in [0.3, 0.4) is 0 Å². The average molecular weight is 334 g/mol. The molecule has 1 saturated carbocycles. The van der Waals surface area contributed by atoms with E-state index < -0.39 is 29.6 Å². The maximum Gasteiger partial charge on any atom is 0.307 e. The number of carboxylic acid groups (broad SMARTS) is 1. The summed E-state index contributed by atoms with van der Waals surface area (Å²) in [6.07, 6.45) is 2.61. The van der Waals surface area contributed by atoms with Crippen molar-refractivity contribution in [2.75, 3.05) is 6.61 Å². The number of carbonyl (C=O) groups excluding carboxylic acids is 2. The lowest BCUT2D eigenvalue weighted by Crippen LogP contribution is -2.49. The summed E-state index contributed by atoms with van der Waals surface area (Å²) in [7, 11) is 0. The SMILES string of the molecule is Cc1ccc(OCC(=O)NNC(=O)C2CCCC[C@@H]2C(=O)O)cc1.